The Bertz CT molecular complexity index is 875. The van der Waals surface area contributed by atoms with Crippen molar-refractivity contribution in [1.29, 1.82) is 0 Å². The predicted octanol–water partition coefficient (Wildman–Crippen LogP) is 5.20. The molecule has 0 radical (unpaired) electrons. The minimum absolute atomic E-state index is 0.0101. The van der Waals surface area contributed by atoms with Crippen LogP contribution in [0.15, 0.2) is 54.6 Å². The minimum atomic E-state index is -0.518. The molecule has 1 heterocycles. The molecule has 6 nitrogen and oxygen atoms in total. The molecule has 166 valence electrons. The van der Waals surface area contributed by atoms with Gasteiger partial charge in [-0.2, -0.15) is 0 Å². The van der Waals surface area contributed by atoms with Gasteiger partial charge < -0.3 is 19.3 Å². The standard InChI is InChI=1S/C25H32N2O4/c1-25(2,3)31-24(29)26(4)17-19-9-8-16-27(18-19)23(28)20-12-14-22(15-13-20)30-21-10-6-5-7-11-21/h5-7,10-15,19H,8-9,16-18H2,1-4H3. The molecular weight excluding hydrogens is 392 g/mol. The van der Waals surface area contributed by atoms with Gasteiger partial charge in [0.15, 0.2) is 0 Å². The fourth-order valence-electron chi connectivity index (χ4n) is 3.67. The summed E-state index contributed by atoms with van der Waals surface area (Å²) in [6.45, 7) is 7.51. The second-order valence-electron chi connectivity index (χ2n) is 9.06. The van der Waals surface area contributed by atoms with Crippen molar-refractivity contribution in [3.05, 3.63) is 60.2 Å². The highest BCUT2D eigenvalue weighted by Crippen LogP contribution is 2.24. The lowest BCUT2D eigenvalue weighted by molar-refractivity contribution is 0.0244. The van der Waals surface area contributed by atoms with E-state index < -0.39 is 5.60 Å². The molecule has 1 aliphatic rings. The van der Waals surface area contributed by atoms with Gasteiger partial charge in [0, 0.05) is 32.2 Å². The van der Waals surface area contributed by atoms with Gasteiger partial charge in [0.1, 0.15) is 17.1 Å². The van der Waals surface area contributed by atoms with Gasteiger partial charge in [-0.3, -0.25) is 4.79 Å². The van der Waals surface area contributed by atoms with Crippen LogP contribution in [0.2, 0.25) is 0 Å². The quantitative estimate of drug-likeness (QED) is 0.662. The van der Waals surface area contributed by atoms with E-state index >= 15 is 0 Å². The second kappa shape index (κ2) is 9.86. The van der Waals surface area contributed by atoms with Crippen LogP contribution in [-0.2, 0) is 4.74 Å². The monoisotopic (exact) mass is 424 g/mol. The molecule has 0 aromatic heterocycles. The summed E-state index contributed by atoms with van der Waals surface area (Å²) in [7, 11) is 1.75. The van der Waals surface area contributed by atoms with Crippen molar-refractivity contribution >= 4 is 12.0 Å². The first kappa shape index (κ1) is 22.7. The van der Waals surface area contributed by atoms with Crippen LogP contribution < -0.4 is 4.74 Å². The molecule has 2 aromatic rings. The van der Waals surface area contributed by atoms with Crippen molar-refractivity contribution in [2.75, 3.05) is 26.7 Å². The summed E-state index contributed by atoms with van der Waals surface area (Å²) in [6, 6.07) is 16.8. The molecule has 3 rings (SSSR count). The topological polar surface area (TPSA) is 59.1 Å². The Balaban J connectivity index is 1.56. The van der Waals surface area contributed by atoms with Crippen LogP contribution in [-0.4, -0.2) is 54.1 Å². The van der Waals surface area contributed by atoms with Crippen LogP contribution >= 0.6 is 0 Å². The van der Waals surface area contributed by atoms with E-state index in [0.717, 1.165) is 25.1 Å². The van der Waals surface area contributed by atoms with Gasteiger partial charge in [-0.05, 0) is 75.9 Å². The Hall–Kier alpha value is -3.02. The number of rotatable bonds is 5. The third kappa shape index (κ3) is 6.74. The van der Waals surface area contributed by atoms with Crippen LogP contribution in [0.3, 0.4) is 0 Å². The Labute approximate surface area is 184 Å². The molecule has 2 amide bonds. The highest BCUT2D eigenvalue weighted by molar-refractivity contribution is 5.94. The molecule has 0 N–H and O–H groups in total. The van der Waals surface area contributed by atoms with E-state index in [9.17, 15) is 9.59 Å². The maximum atomic E-state index is 13.0. The smallest absolute Gasteiger partial charge is 0.410 e. The Morgan fingerprint density at radius 2 is 1.68 bits per heavy atom. The zero-order valence-corrected chi connectivity index (χ0v) is 18.8. The molecule has 31 heavy (non-hydrogen) atoms. The van der Waals surface area contributed by atoms with E-state index in [-0.39, 0.29) is 17.9 Å². The molecule has 6 heteroatoms. The molecule has 0 aliphatic carbocycles. The highest BCUT2D eigenvalue weighted by Gasteiger charge is 2.27. The summed E-state index contributed by atoms with van der Waals surface area (Å²) in [5, 5.41) is 0. The number of likely N-dealkylation sites (tertiary alicyclic amines) is 1. The van der Waals surface area contributed by atoms with Gasteiger partial charge in [0.2, 0.25) is 0 Å². The molecule has 1 unspecified atom stereocenters. The molecule has 2 aromatic carbocycles. The zero-order valence-electron chi connectivity index (χ0n) is 18.8. The maximum Gasteiger partial charge on any atom is 0.410 e. The third-order valence-electron chi connectivity index (χ3n) is 5.12. The number of hydrogen-bond donors (Lipinski definition) is 0. The van der Waals surface area contributed by atoms with Crippen LogP contribution in [0.5, 0.6) is 11.5 Å². The van der Waals surface area contributed by atoms with Crippen molar-refractivity contribution in [2.45, 2.75) is 39.2 Å². The predicted molar refractivity (Wildman–Crippen MR) is 120 cm³/mol. The lowest BCUT2D eigenvalue weighted by atomic mass is 9.97. The van der Waals surface area contributed by atoms with Gasteiger partial charge >= 0.3 is 6.09 Å². The average molecular weight is 425 g/mol. The molecule has 1 fully saturated rings. The van der Waals surface area contributed by atoms with Crippen molar-refractivity contribution in [1.82, 2.24) is 9.80 Å². The lowest BCUT2D eigenvalue weighted by Crippen LogP contribution is -2.45. The summed E-state index contributed by atoms with van der Waals surface area (Å²) in [6.07, 6.45) is 1.58. The first-order chi connectivity index (χ1) is 14.7. The summed E-state index contributed by atoms with van der Waals surface area (Å²) >= 11 is 0. The summed E-state index contributed by atoms with van der Waals surface area (Å²) < 4.78 is 11.2. The molecule has 1 aliphatic heterocycles. The average Bonchev–Trinajstić information content (AvgIpc) is 2.73. The van der Waals surface area contributed by atoms with Crippen molar-refractivity contribution in [3.8, 4) is 11.5 Å². The maximum absolute atomic E-state index is 13.0. The number of carbonyl (C=O) groups excluding carboxylic acids is 2. The second-order valence-corrected chi connectivity index (χ2v) is 9.06. The number of hydrogen-bond acceptors (Lipinski definition) is 4. The summed E-state index contributed by atoms with van der Waals surface area (Å²) in [5.41, 5.74) is 0.123. The molecule has 1 atom stereocenters. The fraction of sp³-hybridized carbons (Fsp3) is 0.440. The fourth-order valence-corrected chi connectivity index (χ4v) is 3.67. The van der Waals surface area contributed by atoms with Gasteiger partial charge in [-0.25, -0.2) is 4.79 Å². The Morgan fingerprint density at radius 1 is 1.03 bits per heavy atom. The summed E-state index contributed by atoms with van der Waals surface area (Å²) in [4.78, 5) is 28.7. The molecule has 1 saturated heterocycles. The van der Waals surface area contributed by atoms with Crippen LogP contribution in [0, 0.1) is 5.92 Å². The van der Waals surface area contributed by atoms with Crippen molar-refractivity contribution in [2.24, 2.45) is 5.92 Å². The number of amides is 2. The van der Waals surface area contributed by atoms with Crippen LogP contribution in [0.25, 0.3) is 0 Å². The van der Waals surface area contributed by atoms with Crippen molar-refractivity contribution < 1.29 is 19.1 Å². The van der Waals surface area contributed by atoms with Crippen LogP contribution in [0.1, 0.15) is 44.0 Å². The van der Waals surface area contributed by atoms with E-state index in [4.69, 9.17) is 9.47 Å². The van der Waals surface area contributed by atoms with E-state index in [2.05, 4.69) is 0 Å². The van der Waals surface area contributed by atoms with Gasteiger partial charge in [-0.1, -0.05) is 18.2 Å². The number of benzene rings is 2. The van der Waals surface area contributed by atoms with Gasteiger partial charge in [0.25, 0.3) is 5.91 Å². The molecule has 0 bridgehead atoms. The normalized spacial score (nSPS) is 16.5. The number of nitrogens with zero attached hydrogens (tertiary/aromatic N) is 2. The number of ether oxygens (including phenoxy) is 2. The number of carbonyl (C=O) groups is 2. The van der Waals surface area contributed by atoms with Gasteiger partial charge in [0.05, 0.1) is 0 Å². The Kier molecular flexibility index (Phi) is 7.21. The summed E-state index contributed by atoms with van der Waals surface area (Å²) in [5.74, 6) is 1.69. The van der Waals surface area contributed by atoms with E-state index in [1.165, 1.54) is 0 Å². The first-order valence-corrected chi connectivity index (χ1v) is 10.8. The van der Waals surface area contributed by atoms with Crippen molar-refractivity contribution in [3.63, 3.8) is 0 Å². The molecular formula is C25H32N2O4. The van der Waals surface area contributed by atoms with Crippen LogP contribution in [0.4, 0.5) is 4.79 Å². The SMILES string of the molecule is CN(CC1CCCN(C(=O)c2ccc(Oc3ccccc3)cc2)C1)C(=O)OC(C)(C)C. The first-order valence-electron chi connectivity index (χ1n) is 10.8. The van der Waals surface area contributed by atoms with E-state index in [1.807, 2.05) is 68.1 Å². The molecule has 0 spiro atoms. The third-order valence-corrected chi connectivity index (χ3v) is 5.12. The number of piperidine rings is 1. The lowest BCUT2D eigenvalue weighted by Gasteiger charge is -2.35. The minimum Gasteiger partial charge on any atom is -0.457 e. The van der Waals surface area contributed by atoms with E-state index in [1.54, 1.807) is 24.1 Å². The largest absolute Gasteiger partial charge is 0.457 e. The van der Waals surface area contributed by atoms with Gasteiger partial charge in [-0.15, -0.1) is 0 Å². The zero-order chi connectivity index (χ0) is 22.4. The van der Waals surface area contributed by atoms with E-state index in [0.29, 0.717) is 24.4 Å². The Morgan fingerprint density at radius 3 is 2.32 bits per heavy atom. The number of para-hydroxylation sites is 1. The molecule has 0 saturated carbocycles. The highest BCUT2D eigenvalue weighted by atomic mass is 16.6.